The van der Waals surface area contributed by atoms with Gasteiger partial charge in [-0.25, -0.2) is 0 Å². The average Bonchev–Trinajstić information content (AvgIpc) is 2.59. The first kappa shape index (κ1) is 17.0. The van der Waals surface area contributed by atoms with Crippen LogP contribution in [0.3, 0.4) is 0 Å². The number of anilines is 2. The van der Waals surface area contributed by atoms with Crippen LogP contribution in [0.4, 0.5) is 11.5 Å². The van der Waals surface area contributed by atoms with Crippen LogP contribution < -0.4 is 10.2 Å². The number of nitrogens with one attached hydrogen (secondary N) is 1. The van der Waals surface area contributed by atoms with Gasteiger partial charge < -0.3 is 10.2 Å². The van der Waals surface area contributed by atoms with Crippen molar-refractivity contribution in [2.24, 2.45) is 5.92 Å². The summed E-state index contributed by atoms with van der Waals surface area (Å²) in [6.45, 7) is 3.49. The molecule has 1 aliphatic heterocycles. The Morgan fingerprint density at radius 3 is 2.50 bits per heavy atom. The van der Waals surface area contributed by atoms with Gasteiger partial charge in [0.15, 0.2) is 5.82 Å². The Morgan fingerprint density at radius 1 is 1.12 bits per heavy atom. The standard InChI is InChI=1S/C17H18Cl2N4O/c1-11-2-5-16(22-21-11)23-8-6-12(7-9-23)17(24)20-13-3-4-14(18)15(19)10-13/h2-5,10,12H,6-9H2,1H3,(H,20,24). The number of carbonyl (C=O) groups is 1. The lowest BCUT2D eigenvalue weighted by molar-refractivity contribution is -0.120. The average molecular weight is 365 g/mol. The number of carbonyl (C=O) groups excluding carboxylic acids is 1. The minimum atomic E-state index is -0.0193. The van der Waals surface area contributed by atoms with Crippen LogP contribution in [-0.4, -0.2) is 29.2 Å². The van der Waals surface area contributed by atoms with E-state index in [4.69, 9.17) is 23.2 Å². The number of piperidine rings is 1. The lowest BCUT2D eigenvalue weighted by Crippen LogP contribution is -2.38. The Hall–Kier alpha value is -1.85. The van der Waals surface area contributed by atoms with Crippen LogP contribution in [0.15, 0.2) is 30.3 Å². The fourth-order valence-corrected chi connectivity index (χ4v) is 3.05. The number of benzene rings is 1. The van der Waals surface area contributed by atoms with Gasteiger partial charge in [0.2, 0.25) is 5.91 Å². The highest BCUT2D eigenvalue weighted by molar-refractivity contribution is 6.42. The summed E-state index contributed by atoms with van der Waals surface area (Å²) in [6.07, 6.45) is 1.56. The molecule has 7 heteroatoms. The van der Waals surface area contributed by atoms with Gasteiger partial charge in [0.05, 0.1) is 15.7 Å². The molecule has 0 radical (unpaired) electrons. The van der Waals surface area contributed by atoms with Crippen molar-refractivity contribution in [1.82, 2.24) is 10.2 Å². The largest absolute Gasteiger partial charge is 0.355 e. The van der Waals surface area contributed by atoms with E-state index in [1.807, 2.05) is 19.1 Å². The van der Waals surface area contributed by atoms with Crippen LogP contribution in [0.1, 0.15) is 18.5 Å². The van der Waals surface area contributed by atoms with Gasteiger partial charge in [-0.3, -0.25) is 4.79 Å². The minimum Gasteiger partial charge on any atom is -0.355 e. The molecule has 126 valence electrons. The van der Waals surface area contributed by atoms with Crippen LogP contribution in [-0.2, 0) is 4.79 Å². The van der Waals surface area contributed by atoms with Crippen LogP contribution in [0.2, 0.25) is 10.0 Å². The summed E-state index contributed by atoms with van der Waals surface area (Å²) < 4.78 is 0. The second-order valence-corrected chi connectivity index (χ2v) is 6.73. The van der Waals surface area contributed by atoms with Gasteiger partial charge in [-0.1, -0.05) is 23.2 Å². The zero-order valence-electron chi connectivity index (χ0n) is 13.3. The molecule has 1 fully saturated rings. The fourth-order valence-electron chi connectivity index (χ4n) is 2.75. The van der Waals surface area contributed by atoms with Crippen molar-refractivity contribution in [3.05, 3.63) is 46.1 Å². The Labute approximate surface area is 151 Å². The lowest BCUT2D eigenvalue weighted by Gasteiger charge is -2.31. The molecule has 1 aromatic carbocycles. The maximum Gasteiger partial charge on any atom is 0.227 e. The number of aromatic nitrogens is 2. The summed E-state index contributed by atoms with van der Waals surface area (Å²) in [5.41, 5.74) is 1.57. The van der Waals surface area contributed by atoms with Gasteiger partial charge in [-0.2, -0.15) is 5.10 Å². The SMILES string of the molecule is Cc1ccc(N2CCC(C(=O)Nc3ccc(Cl)c(Cl)c3)CC2)nn1. The van der Waals surface area contributed by atoms with Gasteiger partial charge in [0, 0.05) is 24.7 Å². The molecular weight excluding hydrogens is 347 g/mol. The molecule has 0 spiro atoms. The smallest absolute Gasteiger partial charge is 0.227 e. The van der Waals surface area contributed by atoms with E-state index < -0.39 is 0 Å². The van der Waals surface area contributed by atoms with Gasteiger partial charge in [0.1, 0.15) is 0 Å². The quantitative estimate of drug-likeness (QED) is 0.895. The number of rotatable bonds is 3. The van der Waals surface area contributed by atoms with Crippen LogP contribution in [0.25, 0.3) is 0 Å². The number of hydrogen-bond acceptors (Lipinski definition) is 4. The molecule has 0 atom stereocenters. The molecular formula is C17H18Cl2N4O. The van der Waals surface area contributed by atoms with Crippen LogP contribution in [0, 0.1) is 12.8 Å². The van der Waals surface area contributed by atoms with Gasteiger partial charge in [-0.15, -0.1) is 5.10 Å². The molecule has 0 unspecified atom stereocenters. The first-order valence-corrected chi connectivity index (χ1v) is 8.60. The number of hydrogen-bond donors (Lipinski definition) is 1. The third-order valence-corrected chi connectivity index (χ3v) is 4.90. The molecule has 1 aromatic heterocycles. The first-order chi connectivity index (χ1) is 11.5. The van der Waals surface area contributed by atoms with Crippen LogP contribution >= 0.6 is 23.2 Å². The highest BCUT2D eigenvalue weighted by Crippen LogP contribution is 2.27. The molecule has 5 nitrogen and oxygen atoms in total. The van der Waals surface area contributed by atoms with Crippen molar-refractivity contribution < 1.29 is 4.79 Å². The molecule has 0 bridgehead atoms. The number of halogens is 2. The molecule has 0 aliphatic carbocycles. The second-order valence-electron chi connectivity index (χ2n) is 5.91. The van der Waals surface area contributed by atoms with Gasteiger partial charge in [0.25, 0.3) is 0 Å². The monoisotopic (exact) mass is 364 g/mol. The van der Waals surface area contributed by atoms with E-state index in [1.54, 1.807) is 18.2 Å². The normalized spacial score (nSPS) is 15.4. The molecule has 1 saturated heterocycles. The highest BCUT2D eigenvalue weighted by atomic mass is 35.5. The topological polar surface area (TPSA) is 58.1 Å². The molecule has 24 heavy (non-hydrogen) atoms. The van der Waals surface area contributed by atoms with Crippen molar-refractivity contribution in [2.75, 3.05) is 23.3 Å². The Balaban J connectivity index is 1.56. The Kier molecular flexibility index (Phi) is 5.21. The summed E-state index contributed by atoms with van der Waals surface area (Å²) in [5, 5.41) is 12.1. The fraction of sp³-hybridized carbons (Fsp3) is 0.353. The van der Waals surface area contributed by atoms with E-state index in [-0.39, 0.29) is 11.8 Å². The lowest BCUT2D eigenvalue weighted by atomic mass is 9.96. The molecule has 1 amide bonds. The summed E-state index contributed by atoms with van der Waals surface area (Å²) in [7, 11) is 0. The van der Waals surface area contributed by atoms with E-state index in [2.05, 4.69) is 20.4 Å². The van der Waals surface area contributed by atoms with Crippen molar-refractivity contribution in [3.63, 3.8) is 0 Å². The van der Waals surface area contributed by atoms with Crippen LogP contribution in [0.5, 0.6) is 0 Å². The first-order valence-electron chi connectivity index (χ1n) is 7.84. The molecule has 0 saturated carbocycles. The third kappa shape index (κ3) is 3.97. The Bertz CT molecular complexity index is 728. The van der Waals surface area contributed by atoms with E-state index >= 15 is 0 Å². The summed E-state index contributed by atoms with van der Waals surface area (Å²) >= 11 is 11.9. The van der Waals surface area contributed by atoms with E-state index in [0.717, 1.165) is 37.4 Å². The van der Waals surface area contributed by atoms with E-state index in [1.165, 1.54) is 0 Å². The Morgan fingerprint density at radius 2 is 1.88 bits per heavy atom. The van der Waals surface area contributed by atoms with E-state index in [9.17, 15) is 4.79 Å². The number of amides is 1. The maximum absolute atomic E-state index is 12.4. The molecule has 2 heterocycles. The van der Waals surface area contributed by atoms with Crippen molar-refractivity contribution in [1.29, 1.82) is 0 Å². The predicted molar refractivity (Wildman–Crippen MR) is 96.8 cm³/mol. The second kappa shape index (κ2) is 7.36. The predicted octanol–water partition coefficient (Wildman–Crippen LogP) is 3.95. The molecule has 2 aromatic rings. The summed E-state index contributed by atoms with van der Waals surface area (Å²) in [4.78, 5) is 14.6. The zero-order chi connectivity index (χ0) is 17.1. The molecule has 3 rings (SSSR count). The van der Waals surface area contributed by atoms with Crippen molar-refractivity contribution in [3.8, 4) is 0 Å². The van der Waals surface area contributed by atoms with Crippen molar-refractivity contribution >= 4 is 40.6 Å². The third-order valence-electron chi connectivity index (χ3n) is 4.16. The zero-order valence-corrected chi connectivity index (χ0v) is 14.8. The minimum absolute atomic E-state index is 0.0167. The molecule has 1 aliphatic rings. The highest BCUT2D eigenvalue weighted by Gasteiger charge is 2.25. The van der Waals surface area contributed by atoms with Gasteiger partial charge in [-0.05, 0) is 50.1 Å². The van der Waals surface area contributed by atoms with E-state index in [0.29, 0.717) is 15.7 Å². The van der Waals surface area contributed by atoms with Gasteiger partial charge >= 0.3 is 0 Å². The number of nitrogens with zero attached hydrogens (tertiary/aromatic N) is 3. The van der Waals surface area contributed by atoms with Crippen molar-refractivity contribution in [2.45, 2.75) is 19.8 Å². The molecule has 1 N–H and O–H groups in total. The summed E-state index contributed by atoms with van der Waals surface area (Å²) in [5.74, 6) is 0.862. The summed E-state index contributed by atoms with van der Waals surface area (Å²) in [6, 6.07) is 9.02. The number of aryl methyl sites for hydroxylation is 1. The maximum atomic E-state index is 12.4.